The Morgan fingerprint density at radius 3 is 1.67 bits per heavy atom. The van der Waals surface area contributed by atoms with Crippen molar-refractivity contribution in [3.05, 3.63) is 24.3 Å². The maximum absolute atomic E-state index is 2.55. The van der Waals surface area contributed by atoms with E-state index < -0.39 is 0 Å². The Balaban J connectivity index is 2.00. The van der Waals surface area contributed by atoms with Crippen LogP contribution in [0.1, 0.15) is 71.1 Å². The zero-order chi connectivity index (χ0) is 12.6. The molecule has 0 aromatic heterocycles. The third kappa shape index (κ3) is 4.00. The highest BCUT2D eigenvalue weighted by molar-refractivity contribution is 5.06. The molecule has 0 bridgehead atoms. The number of allylic oxidation sites excluding steroid dienone is 4. The standard InChI is InChI=1S/C18H30/c1-2-3-6-15-18(16-11-7-4-8-12-16)17-13-9-5-10-14-17/h2-3,6,15-18H,4-5,7-14H2,1H3. The summed E-state index contributed by atoms with van der Waals surface area (Å²) in [4.78, 5) is 0. The smallest absolute Gasteiger partial charge is 0.0174 e. The SMILES string of the molecule is CC=CC=CC(C1CCCCC1)C1CCCCC1. The van der Waals surface area contributed by atoms with Gasteiger partial charge in [0.15, 0.2) is 0 Å². The van der Waals surface area contributed by atoms with Crippen molar-refractivity contribution < 1.29 is 0 Å². The minimum atomic E-state index is 0.877. The molecule has 2 aliphatic rings. The van der Waals surface area contributed by atoms with Gasteiger partial charge in [0.1, 0.15) is 0 Å². The summed E-state index contributed by atoms with van der Waals surface area (Å²) in [5.74, 6) is 2.86. The molecule has 0 unspecified atom stereocenters. The summed E-state index contributed by atoms with van der Waals surface area (Å²) in [6.07, 6.45) is 24.0. The number of hydrogen-bond donors (Lipinski definition) is 0. The van der Waals surface area contributed by atoms with E-state index in [2.05, 4.69) is 31.2 Å². The molecule has 0 spiro atoms. The summed E-state index contributed by atoms with van der Waals surface area (Å²) in [7, 11) is 0. The van der Waals surface area contributed by atoms with Gasteiger partial charge >= 0.3 is 0 Å². The zero-order valence-electron chi connectivity index (χ0n) is 12.1. The van der Waals surface area contributed by atoms with Crippen LogP contribution in [0.2, 0.25) is 0 Å². The molecule has 0 aromatic carbocycles. The van der Waals surface area contributed by atoms with E-state index >= 15 is 0 Å². The van der Waals surface area contributed by atoms with E-state index in [-0.39, 0.29) is 0 Å². The molecule has 18 heavy (non-hydrogen) atoms. The fraction of sp³-hybridized carbons (Fsp3) is 0.778. The molecule has 0 nitrogen and oxygen atoms in total. The molecule has 0 atom stereocenters. The topological polar surface area (TPSA) is 0 Å². The normalized spacial score (nSPS) is 24.6. The Labute approximate surface area is 114 Å². The molecule has 2 rings (SSSR count). The van der Waals surface area contributed by atoms with Gasteiger partial charge in [-0.3, -0.25) is 0 Å². The molecule has 0 heteroatoms. The minimum Gasteiger partial charge on any atom is -0.0877 e. The van der Waals surface area contributed by atoms with E-state index in [1.807, 2.05) is 0 Å². The van der Waals surface area contributed by atoms with Gasteiger partial charge in [-0.05, 0) is 50.4 Å². The molecule has 102 valence electrons. The molecule has 0 heterocycles. The van der Waals surface area contributed by atoms with E-state index in [1.165, 1.54) is 64.2 Å². The average molecular weight is 246 g/mol. The van der Waals surface area contributed by atoms with Crippen molar-refractivity contribution in [1.29, 1.82) is 0 Å². The van der Waals surface area contributed by atoms with Gasteiger partial charge in [0.2, 0.25) is 0 Å². The highest BCUT2D eigenvalue weighted by atomic mass is 14.3. The van der Waals surface area contributed by atoms with Crippen molar-refractivity contribution in [3.63, 3.8) is 0 Å². The lowest BCUT2D eigenvalue weighted by atomic mass is 9.69. The molecule has 0 saturated heterocycles. The first-order valence-corrected chi connectivity index (χ1v) is 8.21. The highest BCUT2D eigenvalue weighted by Gasteiger charge is 2.29. The van der Waals surface area contributed by atoms with Gasteiger partial charge in [-0.25, -0.2) is 0 Å². The highest BCUT2D eigenvalue weighted by Crippen LogP contribution is 2.40. The Morgan fingerprint density at radius 1 is 0.722 bits per heavy atom. The van der Waals surface area contributed by atoms with Crippen molar-refractivity contribution in [3.8, 4) is 0 Å². The lowest BCUT2D eigenvalue weighted by Gasteiger charge is -2.36. The van der Waals surface area contributed by atoms with Crippen LogP contribution < -0.4 is 0 Å². The molecule has 0 aromatic rings. The minimum absolute atomic E-state index is 0.877. The van der Waals surface area contributed by atoms with Crippen molar-refractivity contribution in [2.75, 3.05) is 0 Å². The second-order valence-corrected chi connectivity index (χ2v) is 6.28. The fourth-order valence-corrected chi connectivity index (χ4v) is 4.04. The largest absolute Gasteiger partial charge is 0.0877 e. The van der Waals surface area contributed by atoms with E-state index in [1.54, 1.807) is 0 Å². The summed E-state index contributed by atoms with van der Waals surface area (Å²) in [6.45, 7) is 2.11. The van der Waals surface area contributed by atoms with Gasteiger partial charge < -0.3 is 0 Å². The Morgan fingerprint density at radius 2 is 1.22 bits per heavy atom. The maximum Gasteiger partial charge on any atom is -0.0174 e. The van der Waals surface area contributed by atoms with Crippen LogP contribution >= 0.6 is 0 Å². The van der Waals surface area contributed by atoms with E-state index in [0.717, 1.165) is 17.8 Å². The molecule has 0 aliphatic heterocycles. The van der Waals surface area contributed by atoms with Gasteiger partial charge in [0.25, 0.3) is 0 Å². The summed E-state index contributed by atoms with van der Waals surface area (Å²) in [5, 5.41) is 0. The monoisotopic (exact) mass is 246 g/mol. The van der Waals surface area contributed by atoms with Crippen LogP contribution in [0.3, 0.4) is 0 Å². The predicted molar refractivity (Wildman–Crippen MR) is 80.6 cm³/mol. The quantitative estimate of drug-likeness (QED) is 0.542. The van der Waals surface area contributed by atoms with Gasteiger partial charge in [-0.2, -0.15) is 0 Å². The van der Waals surface area contributed by atoms with Crippen LogP contribution in [0.25, 0.3) is 0 Å². The second-order valence-electron chi connectivity index (χ2n) is 6.28. The van der Waals surface area contributed by atoms with Crippen molar-refractivity contribution >= 4 is 0 Å². The third-order valence-corrected chi connectivity index (χ3v) is 5.03. The molecule has 2 aliphatic carbocycles. The Bertz CT molecular complexity index is 244. The van der Waals surface area contributed by atoms with Crippen LogP contribution in [0.5, 0.6) is 0 Å². The number of rotatable bonds is 4. The summed E-state index contributed by atoms with van der Waals surface area (Å²) in [6, 6.07) is 0. The number of hydrogen-bond acceptors (Lipinski definition) is 0. The van der Waals surface area contributed by atoms with Crippen molar-refractivity contribution in [2.24, 2.45) is 17.8 Å². The molecular weight excluding hydrogens is 216 g/mol. The summed E-state index contributed by atoms with van der Waals surface area (Å²) in [5.41, 5.74) is 0. The first-order chi connectivity index (χ1) is 8.92. The first kappa shape index (κ1) is 13.9. The van der Waals surface area contributed by atoms with E-state index in [0.29, 0.717) is 0 Å². The molecule has 0 amide bonds. The first-order valence-electron chi connectivity index (χ1n) is 8.21. The Hall–Kier alpha value is -0.520. The molecule has 0 N–H and O–H groups in total. The summed E-state index contributed by atoms with van der Waals surface area (Å²) < 4.78 is 0. The lowest BCUT2D eigenvalue weighted by Crippen LogP contribution is -2.25. The molecular formula is C18H30. The van der Waals surface area contributed by atoms with Crippen LogP contribution in [0.4, 0.5) is 0 Å². The van der Waals surface area contributed by atoms with Crippen LogP contribution in [0.15, 0.2) is 24.3 Å². The molecule has 2 saturated carbocycles. The fourth-order valence-electron chi connectivity index (χ4n) is 4.04. The van der Waals surface area contributed by atoms with Gasteiger partial charge in [0.05, 0.1) is 0 Å². The molecule has 2 fully saturated rings. The van der Waals surface area contributed by atoms with Gasteiger partial charge in [-0.1, -0.05) is 62.8 Å². The van der Waals surface area contributed by atoms with Crippen molar-refractivity contribution in [2.45, 2.75) is 71.1 Å². The third-order valence-electron chi connectivity index (χ3n) is 5.03. The van der Waals surface area contributed by atoms with Crippen molar-refractivity contribution in [1.82, 2.24) is 0 Å². The zero-order valence-corrected chi connectivity index (χ0v) is 12.1. The predicted octanol–water partition coefficient (Wildman–Crippen LogP) is 5.90. The van der Waals surface area contributed by atoms with E-state index in [9.17, 15) is 0 Å². The van der Waals surface area contributed by atoms with Crippen LogP contribution in [0, 0.1) is 17.8 Å². The summed E-state index contributed by atoms with van der Waals surface area (Å²) >= 11 is 0. The van der Waals surface area contributed by atoms with Gasteiger partial charge in [0, 0.05) is 0 Å². The lowest BCUT2D eigenvalue weighted by molar-refractivity contribution is 0.181. The molecule has 0 radical (unpaired) electrons. The van der Waals surface area contributed by atoms with Crippen LogP contribution in [-0.2, 0) is 0 Å². The van der Waals surface area contributed by atoms with E-state index in [4.69, 9.17) is 0 Å². The second kappa shape index (κ2) is 7.81. The Kier molecular flexibility index (Phi) is 6.04. The maximum atomic E-state index is 2.55. The average Bonchev–Trinajstić information content (AvgIpc) is 2.46. The van der Waals surface area contributed by atoms with Gasteiger partial charge in [-0.15, -0.1) is 0 Å². The van der Waals surface area contributed by atoms with Crippen LogP contribution in [-0.4, -0.2) is 0 Å².